The molecule has 1 atom stereocenters. The Morgan fingerprint density at radius 3 is 2.24 bits per heavy atom. The van der Waals surface area contributed by atoms with E-state index >= 15 is 0 Å². The van der Waals surface area contributed by atoms with Gasteiger partial charge in [0, 0.05) is 28.3 Å². The third-order valence-electron chi connectivity index (χ3n) is 6.38. The van der Waals surface area contributed by atoms with Gasteiger partial charge in [0.25, 0.3) is 0 Å². The molecule has 3 aromatic rings. The lowest BCUT2D eigenvalue weighted by atomic mass is 9.80. The van der Waals surface area contributed by atoms with Gasteiger partial charge in [-0.15, -0.1) is 0 Å². The van der Waals surface area contributed by atoms with Gasteiger partial charge < -0.3 is 14.8 Å². The average molecular weight is 575 g/mol. The van der Waals surface area contributed by atoms with E-state index in [1.165, 1.54) is 7.11 Å². The number of rotatable bonds is 5. The molecule has 1 heterocycles. The van der Waals surface area contributed by atoms with Crippen molar-refractivity contribution in [1.29, 1.82) is 0 Å². The van der Waals surface area contributed by atoms with Crippen LogP contribution in [0, 0.1) is 0 Å². The predicted molar refractivity (Wildman–Crippen MR) is 146 cm³/mol. The van der Waals surface area contributed by atoms with E-state index in [2.05, 4.69) is 5.32 Å². The molecule has 188 valence electrons. The van der Waals surface area contributed by atoms with Gasteiger partial charge in [0.05, 0.1) is 38.5 Å². The monoisotopic (exact) mass is 573 g/mol. The molecule has 0 bridgehead atoms. The number of fused-ring (bicyclic) bond motifs is 2. The quantitative estimate of drug-likeness (QED) is 0.317. The van der Waals surface area contributed by atoms with Crippen LogP contribution in [0.15, 0.2) is 71.4 Å². The minimum Gasteiger partial charge on any atom is -0.486 e. The predicted octanol–water partition coefficient (Wildman–Crippen LogP) is 7.62. The molecule has 2 aliphatic rings. The molecule has 0 amide bonds. The Morgan fingerprint density at radius 1 is 0.919 bits per heavy atom. The number of allylic oxidation sites excluding steroid dienone is 2. The van der Waals surface area contributed by atoms with Gasteiger partial charge in [-0.3, -0.25) is 4.79 Å². The molecule has 9 heteroatoms. The van der Waals surface area contributed by atoms with Gasteiger partial charge in [0.1, 0.15) is 6.61 Å². The molecule has 1 aliphatic heterocycles. The van der Waals surface area contributed by atoms with Crippen molar-refractivity contribution in [3.63, 3.8) is 0 Å². The van der Waals surface area contributed by atoms with Crippen molar-refractivity contribution < 1.29 is 19.1 Å². The maximum absolute atomic E-state index is 13.5. The molecule has 0 spiro atoms. The molecule has 0 fully saturated rings. The topological polar surface area (TPSA) is 64.6 Å². The second-order valence-electron chi connectivity index (χ2n) is 8.60. The second kappa shape index (κ2) is 10.1. The maximum atomic E-state index is 13.5. The smallest absolute Gasteiger partial charge is 0.336 e. The van der Waals surface area contributed by atoms with Crippen LogP contribution in [0.4, 0.5) is 0 Å². The van der Waals surface area contributed by atoms with Gasteiger partial charge in [-0.25, -0.2) is 4.79 Å². The Morgan fingerprint density at radius 2 is 1.59 bits per heavy atom. The molecule has 0 aromatic heterocycles. The van der Waals surface area contributed by atoms with Crippen LogP contribution in [0.1, 0.15) is 39.9 Å². The minimum atomic E-state index is -0.747. The fraction of sp³-hybridized carbons (Fsp3) is 0.143. The number of esters is 1. The summed E-state index contributed by atoms with van der Waals surface area (Å²) < 4.78 is 11.0. The fourth-order valence-corrected chi connectivity index (χ4v) is 5.65. The lowest BCUT2D eigenvalue weighted by Gasteiger charge is -2.29. The van der Waals surface area contributed by atoms with E-state index in [4.69, 9.17) is 55.9 Å². The summed E-state index contributed by atoms with van der Waals surface area (Å²) in [5.74, 6) is -1.22. The van der Waals surface area contributed by atoms with E-state index < -0.39 is 11.9 Å². The molecule has 5 nitrogen and oxygen atoms in total. The highest BCUT2D eigenvalue weighted by Crippen LogP contribution is 2.48. The summed E-state index contributed by atoms with van der Waals surface area (Å²) in [6, 6.07) is 15.8. The number of Topliss-reactive ketones (excluding diaryl/α,β-unsaturated/α-hetero) is 1. The van der Waals surface area contributed by atoms with Crippen LogP contribution in [-0.4, -0.2) is 18.9 Å². The van der Waals surface area contributed by atoms with Crippen LogP contribution < -0.4 is 10.1 Å². The van der Waals surface area contributed by atoms with E-state index in [9.17, 15) is 9.59 Å². The van der Waals surface area contributed by atoms with Crippen LogP contribution in [-0.2, 0) is 16.1 Å². The lowest BCUT2D eigenvalue weighted by Crippen LogP contribution is -2.29. The summed E-state index contributed by atoms with van der Waals surface area (Å²) >= 11 is 25.4. The van der Waals surface area contributed by atoms with E-state index in [0.717, 1.165) is 11.1 Å². The first-order valence-corrected chi connectivity index (χ1v) is 12.7. The minimum absolute atomic E-state index is 0.151. The zero-order chi connectivity index (χ0) is 26.4. The molecule has 0 saturated carbocycles. The first-order valence-electron chi connectivity index (χ1n) is 11.2. The molecule has 5 rings (SSSR count). The number of nitrogens with one attached hydrogen (secondary N) is 1. The highest BCUT2D eigenvalue weighted by molar-refractivity contribution is 6.42. The van der Waals surface area contributed by atoms with Gasteiger partial charge in [0.2, 0.25) is 0 Å². The molecule has 0 unspecified atom stereocenters. The zero-order valence-corrected chi connectivity index (χ0v) is 22.6. The third-order valence-corrected chi connectivity index (χ3v) is 7.68. The van der Waals surface area contributed by atoms with Crippen LogP contribution in [0.3, 0.4) is 0 Å². The average Bonchev–Trinajstić information content (AvgIpc) is 3.15. The number of dihydropyridines is 1. The summed E-state index contributed by atoms with van der Waals surface area (Å²) in [7, 11) is 1.30. The molecular formula is C28H19Cl4NO4. The standard InChI is InChI=1S/C28H19Cl4NO4/c1-13-22(28(35)36-2)23(24-25(33-13)16-5-3-4-6-17(16)26(24)34)15-10-20(31)27(21(32)11-15)37-12-14-7-8-18(29)19(30)9-14/h3-11,23,33H,12H2,1-2H3/t23-/m0/s1. The number of carbonyl (C=O) groups excluding carboxylic acids is 2. The maximum Gasteiger partial charge on any atom is 0.336 e. The van der Waals surface area contributed by atoms with E-state index in [-0.39, 0.29) is 28.2 Å². The van der Waals surface area contributed by atoms with Crippen LogP contribution in [0.2, 0.25) is 20.1 Å². The third kappa shape index (κ3) is 4.51. The lowest BCUT2D eigenvalue weighted by molar-refractivity contribution is -0.136. The van der Waals surface area contributed by atoms with Gasteiger partial charge in [0.15, 0.2) is 11.5 Å². The first-order chi connectivity index (χ1) is 17.7. The van der Waals surface area contributed by atoms with Gasteiger partial charge in [-0.05, 0) is 42.3 Å². The van der Waals surface area contributed by atoms with Gasteiger partial charge in [-0.1, -0.05) is 76.7 Å². The Hall–Kier alpha value is -2.96. The Kier molecular flexibility index (Phi) is 6.99. The summed E-state index contributed by atoms with van der Waals surface area (Å²) in [6.45, 7) is 1.92. The number of benzene rings is 3. The van der Waals surface area contributed by atoms with Crippen molar-refractivity contribution >= 4 is 63.9 Å². The first kappa shape index (κ1) is 25.7. The number of ether oxygens (including phenoxy) is 2. The summed E-state index contributed by atoms with van der Waals surface area (Å²) in [5, 5.41) is 4.55. The number of hydrogen-bond donors (Lipinski definition) is 1. The zero-order valence-electron chi connectivity index (χ0n) is 19.6. The van der Waals surface area contributed by atoms with Crippen molar-refractivity contribution in [2.24, 2.45) is 0 Å². The van der Waals surface area contributed by atoms with Crippen molar-refractivity contribution in [2.45, 2.75) is 19.4 Å². The molecule has 1 aliphatic carbocycles. The molecular weight excluding hydrogens is 556 g/mol. The van der Waals surface area contributed by atoms with E-state index in [1.807, 2.05) is 12.1 Å². The van der Waals surface area contributed by atoms with E-state index in [0.29, 0.717) is 43.7 Å². The van der Waals surface area contributed by atoms with Crippen LogP contribution >= 0.6 is 46.4 Å². The van der Waals surface area contributed by atoms with Crippen LogP contribution in [0.5, 0.6) is 5.75 Å². The summed E-state index contributed by atoms with van der Waals surface area (Å²) in [6.07, 6.45) is 0. The number of hydrogen-bond acceptors (Lipinski definition) is 5. The number of methoxy groups -OCH3 is 1. The number of carbonyl (C=O) groups is 2. The van der Waals surface area contributed by atoms with Gasteiger partial charge >= 0.3 is 5.97 Å². The van der Waals surface area contributed by atoms with Crippen molar-refractivity contribution in [3.05, 3.63) is 114 Å². The van der Waals surface area contributed by atoms with Crippen molar-refractivity contribution in [1.82, 2.24) is 5.32 Å². The number of halogens is 4. The Bertz CT molecular complexity index is 1520. The Labute approximate surface area is 233 Å². The summed E-state index contributed by atoms with van der Waals surface area (Å²) in [5.41, 5.74) is 4.64. The Balaban J connectivity index is 1.56. The van der Waals surface area contributed by atoms with Crippen LogP contribution in [0.25, 0.3) is 5.70 Å². The summed E-state index contributed by atoms with van der Waals surface area (Å²) in [4.78, 5) is 26.5. The molecule has 0 radical (unpaired) electrons. The highest BCUT2D eigenvalue weighted by Gasteiger charge is 2.43. The molecule has 37 heavy (non-hydrogen) atoms. The van der Waals surface area contributed by atoms with Crippen molar-refractivity contribution in [3.8, 4) is 5.75 Å². The van der Waals surface area contributed by atoms with E-state index in [1.54, 1.807) is 49.4 Å². The fourth-order valence-electron chi connectivity index (χ4n) is 4.71. The normalized spacial score (nSPS) is 16.4. The molecule has 0 saturated heterocycles. The van der Waals surface area contributed by atoms with Crippen molar-refractivity contribution in [2.75, 3.05) is 7.11 Å². The largest absolute Gasteiger partial charge is 0.486 e. The molecule has 1 N–H and O–H groups in total. The highest BCUT2D eigenvalue weighted by atomic mass is 35.5. The second-order valence-corrected chi connectivity index (χ2v) is 10.2. The molecule has 3 aromatic carbocycles. The SMILES string of the molecule is COC(=O)C1=C(C)NC2=C(C(=O)c3ccccc32)[C@H]1c1cc(Cl)c(OCc2ccc(Cl)c(Cl)c2)c(Cl)c1. The van der Waals surface area contributed by atoms with Gasteiger partial charge in [-0.2, -0.15) is 0 Å². The number of ketones is 1.